The second kappa shape index (κ2) is 31.5. The van der Waals surface area contributed by atoms with Crippen LogP contribution in [0.2, 0.25) is 0 Å². The summed E-state index contributed by atoms with van der Waals surface area (Å²) in [7, 11) is 0. The third kappa shape index (κ3) is 16.0. The molecule has 508 valence electrons. The van der Waals surface area contributed by atoms with E-state index in [-0.39, 0.29) is 0 Å². The number of aliphatic hydroxyl groups excluding tert-OH is 18. The van der Waals surface area contributed by atoms with Gasteiger partial charge in [-0.05, 0) is 0 Å². The maximum absolute atomic E-state index is 12.8. The minimum Gasteiger partial charge on any atom is -0.394 e. The number of nitrogens with one attached hydrogen (secondary N) is 4. The van der Waals surface area contributed by atoms with Crippen LogP contribution in [-0.4, -0.2) is 370 Å². The van der Waals surface area contributed by atoms with Crippen molar-refractivity contribution < 1.29 is 173 Å². The molecule has 0 aromatic carbocycles. The highest BCUT2D eigenvalue weighted by molar-refractivity contribution is 5.74. The summed E-state index contributed by atoms with van der Waals surface area (Å²) in [5.41, 5.74) is 0. The Kier molecular flexibility index (Phi) is 25.8. The maximum Gasteiger partial charge on any atom is 0.217 e. The van der Waals surface area contributed by atoms with E-state index in [9.17, 15) is 111 Å². The van der Waals surface area contributed by atoms with Crippen molar-refractivity contribution >= 4 is 23.6 Å². The second-order valence-corrected chi connectivity index (χ2v) is 22.1. The summed E-state index contributed by atoms with van der Waals surface area (Å²) < 4.78 is 77.3. The first-order valence-corrected chi connectivity index (χ1v) is 28.0. The Balaban J connectivity index is 1.23. The minimum atomic E-state index is -2.29. The third-order valence-corrected chi connectivity index (χ3v) is 15.8. The van der Waals surface area contributed by atoms with Gasteiger partial charge in [0.05, 0.1) is 46.2 Å². The summed E-state index contributed by atoms with van der Waals surface area (Å²) in [6.45, 7) is -2.92. The molecule has 0 aromatic heterocycles. The number of hydrogen-bond donors (Lipinski definition) is 22. The van der Waals surface area contributed by atoms with E-state index in [0.29, 0.717) is 0 Å². The molecule has 7 aliphatic rings. The summed E-state index contributed by atoms with van der Waals surface area (Å²) in [5, 5.41) is 207. The quantitative estimate of drug-likeness (QED) is 0.0479. The average Bonchev–Trinajstić information content (AvgIpc) is 1.68. The highest BCUT2D eigenvalue weighted by Crippen LogP contribution is 2.39. The molecule has 7 fully saturated rings. The van der Waals surface area contributed by atoms with Crippen molar-refractivity contribution in [1.29, 1.82) is 0 Å². The van der Waals surface area contributed by atoms with E-state index in [4.69, 9.17) is 61.6 Å². The summed E-state index contributed by atoms with van der Waals surface area (Å²) in [4.78, 5) is 49.8. The van der Waals surface area contributed by atoms with Gasteiger partial charge in [-0.3, -0.25) is 19.2 Å². The van der Waals surface area contributed by atoms with Gasteiger partial charge < -0.3 is 175 Å². The molecule has 0 unspecified atom stereocenters. The largest absolute Gasteiger partial charge is 0.394 e. The molecule has 22 N–H and O–H groups in total. The van der Waals surface area contributed by atoms with E-state index < -0.39 is 278 Å². The van der Waals surface area contributed by atoms with Gasteiger partial charge in [-0.15, -0.1) is 0 Å². The SMILES string of the molecule is CC(=O)N[C@@H]1[C@@H](O)[C@H](O[C@@H]2O[C@H](CO)[C@@H](O[C@@H]3O[C@H](CO)[C@@H](O)[C@H](O[C@H]4O[C@H](CO)[C@@H](O)[C@H](O)[C@@H]4O[C@@H]4O[C@H](CO)[C@@H](O[C@@H]5O[C@H](CO)[C@H](O)[C@H](O)[C@H]5NC(C)=O)[C@H](O)[C@H]4NC(C)=O)[C@@H]3O[C@@H]3OC[C@@H](O)[C@H](O)[C@H]3O)[C@H](O)[C@H]2NC(C)=O)[C@@H](CO)O[C@H]1O. The van der Waals surface area contributed by atoms with Crippen molar-refractivity contribution in [3.8, 4) is 0 Å². The van der Waals surface area contributed by atoms with Crippen LogP contribution < -0.4 is 21.3 Å². The van der Waals surface area contributed by atoms with Gasteiger partial charge in [0.1, 0.15) is 165 Å². The Morgan fingerprint density at radius 1 is 0.318 bits per heavy atom. The number of amides is 4. The highest BCUT2D eigenvalue weighted by Gasteiger charge is 2.60. The second-order valence-electron chi connectivity index (χ2n) is 22.1. The van der Waals surface area contributed by atoms with E-state index in [1.54, 1.807) is 0 Å². The number of ether oxygens (including phenoxy) is 13. The van der Waals surface area contributed by atoms with Crippen LogP contribution in [0.4, 0.5) is 0 Å². The van der Waals surface area contributed by atoms with E-state index >= 15 is 0 Å². The molecule has 7 aliphatic heterocycles. The Labute approximate surface area is 499 Å². The number of carbonyl (C=O) groups is 4. The molecule has 0 spiro atoms. The van der Waals surface area contributed by atoms with Crippen molar-refractivity contribution in [3.05, 3.63) is 0 Å². The lowest BCUT2D eigenvalue weighted by molar-refractivity contribution is -0.409. The standard InChI is InChI=1S/C49H82N4O35/c1-12(60)50-23-32(70)37(20(8-57)77-43(23)75)83-45-25(52-14(3)62)34(72)39(22(10-59)81-45)85-49-42(88-47-36(74)27(65)16(64)11-76-47)40(30(68)19(7-56)80-49)86-48-41(35(73)29(67)18(6-55)79-48)87-46-26(53-15(4)63)33(71)38(21(9-58)82-46)84-44-24(51-13(2)61)31(69)28(66)17(5-54)78-44/h16-49,54-59,64-75H,5-11H2,1-4H3,(H,50,60)(H,51,61)(H,52,62)(H,53,63)/t16-,17-,18-,19-,20-,21-,22-,23-,24-,25-,26-,27+,28+,29-,30-,31-,32-,33-,34-,35+,36-,37-,38-,39-,40+,41+,42+,43-,44+,45+,46+,47+,48-,49+/m1/s1. The van der Waals surface area contributed by atoms with Gasteiger partial charge in [-0.1, -0.05) is 0 Å². The highest BCUT2D eigenvalue weighted by atomic mass is 16.8. The summed E-state index contributed by atoms with van der Waals surface area (Å²) >= 11 is 0. The predicted octanol–water partition coefficient (Wildman–Crippen LogP) is -15.1. The zero-order valence-corrected chi connectivity index (χ0v) is 47.6. The van der Waals surface area contributed by atoms with Crippen LogP contribution in [0.15, 0.2) is 0 Å². The third-order valence-electron chi connectivity index (χ3n) is 15.8. The Morgan fingerprint density at radius 2 is 0.636 bits per heavy atom. The summed E-state index contributed by atoms with van der Waals surface area (Å²) in [5.74, 6) is -3.28. The van der Waals surface area contributed by atoms with E-state index in [1.165, 1.54) is 0 Å². The fourth-order valence-corrected chi connectivity index (χ4v) is 11.3. The van der Waals surface area contributed by atoms with Crippen LogP contribution >= 0.6 is 0 Å². The van der Waals surface area contributed by atoms with Crippen molar-refractivity contribution in [2.45, 2.75) is 236 Å². The first kappa shape index (κ1) is 72.1. The molecule has 0 aliphatic carbocycles. The smallest absolute Gasteiger partial charge is 0.217 e. The molecule has 0 radical (unpaired) electrons. The summed E-state index contributed by atoms with van der Waals surface area (Å²) in [6, 6.07) is -6.87. The van der Waals surface area contributed by atoms with Crippen LogP contribution in [0.1, 0.15) is 27.7 Å². The minimum absolute atomic E-state index is 0.732. The Bertz CT molecular complexity index is 2260. The molecule has 4 amide bonds. The van der Waals surface area contributed by atoms with Crippen LogP contribution in [0.5, 0.6) is 0 Å². The van der Waals surface area contributed by atoms with Crippen LogP contribution in [-0.2, 0) is 80.8 Å². The van der Waals surface area contributed by atoms with E-state index in [1.807, 2.05) is 0 Å². The van der Waals surface area contributed by atoms with Gasteiger partial charge in [0, 0.05) is 27.7 Å². The molecule has 0 bridgehead atoms. The molecule has 0 saturated carbocycles. The normalized spacial score (nSPS) is 47.6. The van der Waals surface area contributed by atoms with Crippen LogP contribution in [0, 0.1) is 0 Å². The lowest BCUT2D eigenvalue weighted by Crippen LogP contribution is -2.71. The monoisotopic (exact) mass is 1290 g/mol. The van der Waals surface area contributed by atoms with Gasteiger partial charge in [0.25, 0.3) is 0 Å². The Hall–Kier alpha value is -3.36. The molecule has 7 saturated heterocycles. The molecule has 7 heterocycles. The maximum atomic E-state index is 12.8. The number of carbonyl (C=O) groups excluding carboxylic acids is 4. The Morgan fingerprint density at radius 3 is 1.08 bits per heavy atom. The van der Waals surface area contributed by atoms with Crippen molar-refractivity contribution in [2.75, 3.05) is 46.2 Å². The van der Waals surface area contributed by atoms with E-state index in [2.05, 4.69) is 21.3 Å². The fourth-order valence-electron chi connectivity index (χ4n) is 11.3. The molecule has 39 heteroatoms. The number of aliphatic hydroxyl groups is 18. The van der Waals surface area contributed by atoms with Gasteiger partial charge in [0.2, 0.25) is 23.6 Å². The zero-order valence-electron chi connectivity index (χ0n) is 47.6. The zero-order chi connectivity index (χ0) is 64.9. The van der Waals surface area contributed by atoms with Crippen LogP contribution in [0.3, 0.4) is 0 Å². The summed E-state index contributed by atoms with van der Waals surface area (Å²) in [6.07, 6.45) is -59.3. The molecule has 0 aromatic rings. The molecule has 34 atom stereocenters. The molecule has 7 rings (SSSR count). The number of rotatable bonds is 22. The molecule has 39 nitrogen and oxygen atoms in total. The first-order valence-electron chi connectivity index (χ1n) is 28.0. The lowest BCUT2D eigenvalue weighted by Gasteiger charge is -2.52. The molecule has 88 heavy (non-hydrogen) atoms. The van der Waals surface area contributed by atoms with Gasteiger partial charge in [-0.2, -0.15) is 0 Å². The van der Waals surface area contributed by atoms with Crippen LogP contribution in [0.25, 0.3) is 0 Å². The number of hydrogen-bond acceptors (Lipinski definition) is 35. The topological polar surface area (TPSA) is 601 Å². The average molecular weight is 1290 g/mol. The van der Waals surface area contributed by atoms with Gasteiger partial charge in [0.15, 0.2) is 44.0 Å². The molecular formula is C49H82N4O35. The van der Waals surface area contributed by atoms with Crippen molar-refractivity contribution in [3.63, 3.8) is 0 Å². The predicted molar refractivity (Wildman–Crippen MR) is 272 cm³/mol. The van der Waals surface area contributed by atoms with Crippen molar-refractivity contribution in [1.82, 2.24) is 21.3 Å². The van der Waals surface area contributed by atoms with Gasteiger partial charge in [-0.25, -0.2) is 0 Å². The fraction of sp³-hybridized carbons (Fsp3) is 0.918. The van der Waals surface area contributed by atoms with E-state index in [0.717, 1.165) is 27.7 Å². The van der Waals surface area contributed by atoms with Crippen molar-refractivity contribution in [2.24, 2.45) is 0 Å². The lowest BCUT2D eigenvalue weighted by atomic mass is 9.93. The molecular weight excluding hydrogens is 1200 g/mol. The first-order chi connectivity index (χ1) is 41.6. The van der Waals surface area contributed by atoms with Gasteiger partial charge >= 0.3 is 0 Å².